The van der Waals surface area contributed by atoms with Crippen molar-refractivity contribution in [2.45, 2.75) is 57.9 Å². The summed E-state index contributed by atoms with van der Waals surface area (Å²) >= 11 is 0. The quantitative estimate of drug-likeness (QED) is 0.415. The predicted molar refractivity (Wildman–Crippen MR) is 114 cm³/mol. The summed E-state index contributed by atoms with van der Waals surface area (Å²) in [7, 11) is 0. The van der Waals surface area contributed by atoms with E-state index in [0.717, 1.165) is 12.1 Å². The summed E-state index contributed by atoms with van der Waals surface area (Å²) in [4.78, 5) is 34.6. The fourth-order valence-corrected chi connectivity index (χ4v) is 4.22. The van der Waals surface area contributed by atoms with Crippen LogP contribution in [0.5, 0.6) is 0 Å². The molecule has 1 fully saturated rings. The number of nitro groups is 1. The van der Waals surface area contributed by atoms with E-state index in [1.807, 2.05) is 6.07 Å². The second-order valence-corrected chi connectivity index (χ2v) is 8.07. The van der Waals surface area contributed by atoms with Gasteiger partial charge in [-0.3, -0.25) is 24.6 Å². The lowest BCUT2D eigenvalue weighted by Gasteiger charge is -2.20. The SMILES string of the molecule is O=C(CCCn1c(=O)oc2cc([N+](=O)[O-])ccc21)Nc1cc(CC2CCCCC2)[nH]n1. The smallest absolute Gasteiger partial charge is 0.407 e. The third-order valence-corrected chi connectivity index (χ3v) is 5.78. The molecule has 4 rings (SSSR count). The molecule has 0 saturated heterocycles. The molecule has 2 N–H and O–H groups in total. The van der Waals surface area contributed by atoms with Gasteiger partial charge in [0.25, 0.3) is 5.69 Å². The fourth-order valence-electron chi connectivity index (χ4n) is 4.22. The highest BCUT2D eigenvalue weighted by atomic mass is 16.6. The van der Waals surface area contributed by atoms with Crippen molar-refractivity contribution < 1.29 is 14.1 Å². The Balaban J connectivity index is 1.29. The van der Waals surface area contributed by atoms with Gasteiger partial charge in [-0.25, -0.2) is 4.79 Å². The Kier molecular flexibility index (Phi) is 6.15. The number of rotatable bonds is 8. The molecule has 1 saturated carbocycles. The molecule has 0 aliphatic heterocycles. The molecule has 1 aliphatic rings. The van der Waals surface area contributed by atoms with Crippen LogP contribution in [0.25, 0.3) is 11.1 Å². The van der Waals surface area contributed by atoms with E-state index in [-0.39, 0.29) is 30.1 Å². The molecule has 2 heterocycles. The van der Waals surface area contributed by atoms with Crippen molar-refractivity contribution in [1.29, 1.82) is 0 Å². The van der Waals surface area contributed by atoms with E-state index in [9.17, 15) is 19.7 Å². The van der Waals surface area contributed by atoms with E-state index in [4.69, 9.17) is 4.42 Å². The molecule has 3 aromatic rings. The number of non-ortho nitro benzene ring substituents is 1. The lowest BCUT2D eigenvalue weighted by atomic mass is 9.86. The summed E-state index contributed by atoms with van der Waals surface area (Å²) < 4.78 is 6.47. The second-order valence-electron chi connectivity index (χ2n) is 8.07. The van der Waals surface area contributed by atoms with Gasteiger partial charge in [0.15, 0.2) is 11.4 Å². The molecule has 164 valence electrons. The Bertz CT molecular complexity index is 1140. The standard InChI is InChI=1S/C21H25N5O5/c27-20(22-19-12-15(23-24-19)11-14-5-2-1-3-6-14)7-4-10-25-17-9-8-16(26(29)30)13-18(17)31-21(25)28/h8-9,12-14H,1-7,10-11H2,(H2,22,23,24,27). The molecular weight excluding hydrogens is 402 g/mol. The largest absolute Gasteiger partial charge is 0.419 e. The molecule has 2 aromatic heterocycles. The number of aryl methyl sites for hydroxylation is 1. The van der Waals surface area contributed by atoms with Gasteiger partial charge in [-0.05, 0) is 24.8 Å². The topological polar surface area (TPSA) is 136 Å². The van der Waals surface area contributed by atoms with Gasteiger partial charge in [-0.1, -0.05) is 32.1 Å². The molecule has 31 heavy (non-hydrogen) atoms. The minimum atomic E-state index is -0.601. The summed E-state index contributed by atoms with van der Waals surface area (Å²) in [6.07, 6.45) is 7.96. The highest BCUT2D eigenvalue weighted by Gasteiger charge is 2.16. The van der Waals surface area contributed by atoms with Gasteiger partial charge in [0.2, 0.25) is 5.91 Å². The predicted octanol–water partition coefficient (Wildman–Crippen LogP) is 3.77. The van der Waals surface area contributed by atoms with Crippen molar-refractivity contribution in [3.63, 3.8) is 0 Å². The Hall–Kier alpha value is -3.43. The van der Waals surface area contributed by atoms with E-state index < -0.39 is 10.7 Å². The van der Waals surface area contributed by atoms with Crippen LogP contribution in [0.4, 0.5) is 11.5 Å². The molecule has 10 heteroatoms. The van der Waals surface area contributed by atoms with Gasteiger partial charge < -0.3 is 9.73 Å². The lowest BCUT2D eigenvalue weighted by Crippen LogP contribution is -2.17. The van der Waals surface area contributed by atoms with Crippen molar-refractivity contribution in [3.8, 4) is 0 Å². The molecule has 0 unspecified atom stereocenters. The number of nitro benzene ring substituents is 1. The van der Waals surface area contributed by atoms with Crippen molar-refractivity contribution in [1.82, 2.24) is 14.8 Å². The number of fused-ring (bicyclic) bond motifs is 1. The number of oxazole rings is 1. The Labute approximate surface area is 177 Å². The van der Waals surface area contributed by atoms with Crippen molar-refractivity contribution >= 4 is 28.5 Å². The first kappa shape index (κ1) is 20.8. The van der Waals surface area contributed by atoms with Crippen LogP contribution in [0.3, 0.4) is 0 Å². The zero-order valence-corrected chi connectivity index (χ0v) is 17.1. The van der Waals surface area contributed by atoms with E-state index in [1.165, 1.54) is 54.9 Å². The maximum Gasteiger partial charge on any atom is 0.419 e. The van der Waals surface area contributed by atoms with Crippen molar-refractivity contribution in [2.75, 3.05) is 5.32 Å². The summed E-state index contributed by atoms with van der Waals surface area (Å²) in [6.45, 7) is 0.268. The summed E-state index contributed by atoms with van der Waals surface area (Å²) in [5, 5.41) is 20.8. The molecule has 10 nitrogen and oxygen atoms in total. The van der Waals surface area contributed by atoms with E-state index in [0.29, 0.717) is 23.7 Å². The number of H-pyrrole nitrogens is 1. The molecule has 0 spiro atoms. The van der Waals surface area contributed by atoms with Gasteiger partial charge in [0, 0.05) is 30.8 Å². The monoisotopic (exact) mass is 427 g/mol. The zero-order chi connectivity index (χ0) is 21.8. The summed E-state index contributed by atoms with van der Waals surface area (Å²) in [5.74, 6) is 0.402. The number of amides is 1. The highest BCUT2D eigenvalue weighted by Crippen LogP contribution is 2.27. The number of anilines is 1. The van der Waals surface area contributed by atoms with Crippen LogP contribution in [-0.4, -0.2) is 25.6 Å². The number of hydrogen-bond acceptors (Lipinski definition) is 6. The first-order valence-electron chi connectivity index (χ1n) is 10.6. The minimum Gasteiger partial charge on any atom is -0.407 e. The van der Waals surface area contributed by atoms with Crippen molar-refractivity contribution in [3.05, 3.63) is 50.6 Å². The van der Waals surface area contributed by atoms with Crippen LogP contribution in [0.1, 0.15) is 50.6 Å². The Morgan fingerprint density at radius 1 is 1.29 bits per heavy atom. The van der Waals surface area contributed by atoms with E-state index >= 15 is 0 Å². The van der Waals surface area contributed by atoms with E-state index in [2.05, 4.69) is 15.5 Å². The maximum atomic E-state index is 12.3. The van der Waals surface area contributed by atoms with Gasteiger partial charge >= 0.3 is 5.76 Å². The number of carbonyl (C=O) groups excluding carboxylic acids is 1. The second kappa shape index (κ2) is 9.15. The van der Waals surface area contributed by atoms with E-state index in [1.54, 1.807) is 0 Å². The maximum absolute atomic E-state index is 12.3. The third kappa shape index (κ3) is 5.01. The molecule has 1 amide bonds. The van der Waals surface area contributed by atoms with Crippen LogP contribution >= 0.6 is 0 Å². The summed E-state index contributed by atoms with van der Waals surface area (Å²) in [6, 6.07) is 5.91. The van der Waals surface area contributed by atoms with Crippen molar-refractivity contribution in [2.24, 2.45) is 5.92 Å². The van der Waals surface area contributed by atoms with Crippen LogP contribution in [0.2, 0.25) is 0 Å². The average Bonchev–Trinajstić information content (AvgIpc) is 3.31. The number of aromatic nitrogens is 3. The van der Waals surface area contributed by atoms with Crippen LogP contribution < -0.4 is 11.1 Å². The van der Waals surface area contributed by atoms with Gasteiger partial charge in [0.05, 0.1) is 16.5 Å². The normalized spacial score (nSPS) is 14.7. The number of carbonyl (C=O) groups is 1. The third-order valence-electron chi connectivity index (χ3n) is 5.78. The number of aromatic amines is 1. The molecule has 1 aliphatic carbocycles. The van der Waals surface area contributed by atoms with Crippen LogP contribution in [-0.2, 0) is 17.8 Å². The number of hydrogen-bond donors (Lipinski definition) is 2. The van der Waals surface area contributed by atoms with Gasteiger partial charge in [-0.2, -0.15) is 5.10 Å². The molecule has 1 aromatic carbocycles. The minimum absolute atomic E-state index is 0.144. The zero-order valence-electron chi connectivity index (χ0n) is 17.1. The Morgan fingerprint density at radius 3 is 2.87 bits per heavy atom. The first-order chi connectivity index (χ1) is 15.0. The van der Waals surface area contributed by atoms with Crippen LogP contribution in [0, 0.1) is 16.0 Å². The highest BCUT2D eigenvalue weighted by molar-refractivity contribution is 5.89. The molecular formula is C21H25N5O5. The van der Waals surface area contributed by atoms with Crippen LogP contribution in [0.15, 0.2) is 33.5 Å². The summed E-state index contributed by atoms with van der Waals surface area (Å²) in [5.41, 5.74) is 1.52. The molecule has 0 radical (unpaired) electrons. The number of nitrogens with one attached hydrogen (secondary N) is 2. The lowest BCUT2D eigenvalue weighted by molar-refractivity contribution is -0.384. The number of benzene rings is 1. The van der Waals surface area contributed by atoms with Gasteiger partial charge in [-0.15, -0.1) is 0 Å². The fraction of sp³-hybridized carbons (Fsp3) is 0.476. The Morgan fingerprint density at radius 2 is 2.10 bits per heavy atom. The molecule has 0 atom stereocenters. The molecule has 0 bridgehead atoms. The first-order valence-corrected chi connectivity index (χ1v) is 10.6. The van der Waals surface area contributed by atoms with Gasteiger partial charge in [0.1, 0.15) is 0 Å². The number of nitrogens with zero attached hydrogens (tertiary/aromatic N) is 3. The average molecular weight is 427 g/mol.